The van der Waals surface area contributed by atoms with Crippen LogP contribution >= 0.6 is 8.58 Å². The zero-order valence-electron chi connectivity index (χ0n) is 11.0. The van der Waals surface area contributed by atoms with Gasteiger partial charge in [-0.3, -0.25) is 0 Å². The van der Waals surface area contributed by atoms with Crippen LogP contribution in [0.3, 0.4) is 0 Å². The number of hydrogen-bond donors (Lipinski definition) is 1. The van der Waals surface area contributed by atoms with E-state index in [4.69, 9.17) is 0 Å². The minimum Gasteiger partial charge on any atom is -0.356 e. The molecule has 0 radical (unpaired) electrons. The quantitative estimate of drug-likeness (QED) is 0.834. The molecule has 0 aliphatic carbocycles. The predicted molar refractivity (Wildman–Crippen MR) is 81.9 cm³/mol. The first kappa shape index (κ1) is 12.0. The number of H-pyrrole nitrogens is 1. The Bertz CT molecular complexity index is 541. The topological polar surface area (TPSA) is 22.3 Å². The van der Waals surface area contributed by atoms with Crippen molar-refractivity contribution in [3.05, 3.63) is 24.3 Å². The fourth-order valence-electron chi connectivity index (χ4n) is 2.49. The molecule has 18 heavy (non-hydrogen) atoms. The Morgan fingerprint density at radius 2 is 1.89 bits per heavy atom. The first-order valence-corrected chi connectivity index (χ1v) is 8.00. The van der Waals surface area contributed by atoms with Crippen LogP contribution in [0.1, 0.15) is 0 Å². The Kier molecular flexibility index (Phi) is 3.27. The highest BCUT2D eigenvalue weighted by atomic mass is 31.1. The van der Waals surface area contributed by atoms with Gasteiger partial charge in [-0.1, -0.05) is 14.6 Å². The molecule has 1 atom stereocenters. The lowest BCUT2D eigenvalue weighted by Crippen LogP contribution is -2.44. The molecule has 2 heterocycles. The summed E-state index contributed by atoms with van der Waals surface area (Å²) in [7, 11) is 3.06. The molecule has 1 fully saturated rings. The normalized spacial score (nSPS) is 18.2. The number of nitrogens with zero attached hydrogens (tertiary/aromatic N) is 2. The SMILES string of the molecule is CPc1ccc2[nH]c(N3CCN(C)CC3)cc2c1. The molecule has 2 aromatic rings. The number of hydrogen-bond acceptors (Lipinski definition) is 2. The second-order valence-corrected chi connectivity index (χ2v) is 6.07. The van der Waals surface area contributed by atoms with Crippen LogP contribution in [-0.2, 0) is 0 Å². The summed E-state index contributed by atoms with van der Waals surface area (Å²) >= 11 is 0. The van der Waals surface area contributed by atoms with E-state index in [1.54, 1.807) is 0 Å². The van der Waals surface area contributed by atoms with Crippen molar-refractivity contribution in [3.8, 4) is 0 Å². The summed E-state index contributed by atoms with van der Waals surface area (Å²) in [6.07, 6.45) is 0. The van der Waals surface area contributed by atoms with Crippen molar-refractivity contribution in [1.82, 2.24) is 9.88 Å². The zero-order valence-corrected chi connectivity index (χ0v) is 12.0. The molecule has 0 spiro atoms. The molecule has 0 amide bonds. The number of rotatable bonds is 2. The Morgan fingerprint density at radius 3 is 2.61 bits per heavy atom. The molecule has 1 aliphatic rings. The Morgan fingerprint density at radius 1 is 1.11 bits per heavy atom. The third-order valence-corrected chi connectivity index (χ3v) is 4.63. The van der Waals surface area contributed by atoms with Crippen LogP contribution < -0.4 is 10.2 Å². The number of anilines is 1. The first-order valence-electron chi connectivity index (χ1n) is 6.50. The molecule has 0 bridgehead atoms. The van der Waals surface area contributed by atoms with Crippen LogP contribution in [0.15, 0.2) is 24.3 Å². The first-order chi connectivity index (χ1) is 8.76. The molecule has 1 unspecified atom stereocenters. The van der Waals surface area contributed by atoms with Gasteiger partial charge in [0, 0.05) is 37.1 Å². The lowest BCUT2D eigenvalue weighted by atomic mass is 10.2. The van der Waals surface area contributed by atoms with E-state index in [2.05, 4.69) is 52.8 Å². The van der Waals surface area contributed by atoms with Gasteiger partial charge in [0.25, 0.3) is 0 Å². The number of likely N-dealkylation sites (N-methyl/N-ethyl adjacent to an activating group) is 1. The number of piperazine rings is 1. The molecule has 1 aromatic heterocycles. The molecule has 1 aliphatic heterocycles. The highest BCUT2D eigenvalue weighted by molar-refractivity contribution is 7.46. The zero-order chi connectivity index (χ0) is 12.5. The molecule has 3 nitrogen and oxygen atoms in total. The molecule has 0 saturated carbocycles. The summed E-state index contributed by atoms with van der Waals surface area (Å²) in [6.45, 7) is 6.76. The van der Waals surface area contributed by atoms with Gasteiger partial charge < -0.3 is 14.8 Å². The molecule has 1 saturated heterocycles. The van der Waals surface area contributed by atoms with Crippen molar-refractivity contribution >= 4 is 30.6 Å². The number of nitrogens with one attached hydrogen (secondary N) is 1. The van der Waals surface area contributed by atoms with E-state index >= 15 is 0 Å². The third kappa shape index (κ3) is 2.25. The van der Waals surface area contributed by atoms with Gasteiger partial charge in [0.2, 0.25) is 0 Å². The Balaban J connectivity index is 1.88. The maximum Gasteiger partial charge on any atom is 0.106 e. The van der Waals surface area contributed by atoms with Gasteiger partial charge in [-0.25, -0.2) is 0 Å². The van der Waals surface area contributed by atoms with Crippen molar-refractivity contribution in [2.24, 2.45) is 0 Å². The van der Waals surface area contributed by atoms with E-state index in [-0.39, 0.29) is 0 Å². The van der Waals surface area contributed by atoms with Crippen molar-refractivity contribution in [1.29, 1.82) is 0 Å². The highest BCUT2D eigenvalue weighted by Crippen LogP contribution is 2.23. The average molecular weight is 261 g/mol. The van der Waals surface area contributed by atoms with Crippen LogP contribution in [0.25, 0.3) is 10.9 Å². The van der Waals surface area contributed by atoms with Gasteiger partial charge in [0.15, 0.2) is 0 Å². The van der Waals surface area contributed by atoms with E-state index in [9.17, 15) is 0 Å². The van der Waals surface area contributed by atoms with Crippen LogP contribution in [0, 0.1) is 0 Å². The highest BCUT2D eigenvalue weighted by Gasteiger charge is 2.15. The van der Waals surface area contributed by atoms with Gasteiger partial charge in [0.1, 0.15) is 5.82 Å². The van der Waals surface area contributed by atoms with E-state index in [1.807, 2.05) is 0 Å². The molecule has 3 rings (SSSR count). The summed E-state index contributed by atoms with van der Waals surface area (Å²) in [4.78, 5) is 8.38. The minimum atomic E-state index is 0.871. The van der Waals surface area contributed by atoms with Crippen LogP contribution in [-0.4, -0.2) is 49.8 Å². The van der Waals surface area contributed by atoms with Crippen LogP contribution in [0.2, 0.25) is 0 Å². The maximum absolute atomic E-state index is 3.54. The fraction of sp³-hybridized carbons (Fsp3) is 0.429. The van der Waals surface area contributed by atoms with Gasteiger partial charge in [-0.05, 0) is 37.2 Å². The molecule has 1 N–H and O–H groups in total. The smallest absolute Gasteiger partial charge is 0.106 e. The number of fused-ring (bicyclic) bond motifs is 1. The average Bonchev–Trinajstić information content (AvgIpc) is 2.82. The minimum absolute atomic E-state index is 0.871. The van der Waals surface area contributed by atoms with Gasteiger partial charge in [-0.15, -0.1) is 0 Å². The molecular weight excluding hydrogens is 241 g/mol. The van der Waals surface area contributed by atoms with Crippen molar-refractivity contribution in [2.75, 3.05) is 44.8 Å². The Labute approximate surface area is 110 Å². The Hall–Kier alpha value is -1.05. The second kappa shape index (κ2) is 4.91. The predicted octanol–water partition coefficient (Wildman–Crippen LogP) is 1.85. The van der Waals surface area contributed by atoms with E-state index in [0.29, 0.717) is 0 Å². The van der Waals surface area contributed by atoms with Crippen LogP contribution in [0.5, 0.6) is 0 Å². The van der Waals surface area contributed by atoms with E-state index < -0.39 is 0 Å². The van der Waals surface area contributed by atoms with Gasteiger partial charge >= 0.3 is 0 Å². The maximum atomic E-state index is 3.54. The van der Waals surface area contributed by atoms with Gasteiger partial charge in [0.05, 0.1) is 0 Å². The lowest BCUT2D eigenvalue weighted by molar-refractivity contribution is 0.312. The summed E-state index contributed by atoms with van der Waals surface area (Å²) in [5.74, 6) is 1.27. The monoisotopic (exact) mass is 261 g/mol. The standard InChI is InChI=1S/C14H20N3P/c1-16-5-7-17(8-6-16)14-10-11-9-12(18-2)3-4-13(11)15-14/h3-4,9-10,15,18H,5-8H2,1-2H3. The van der Waals surface area contributed by atoms with Crippen molar-refractivity contribution < 1.29 is 0 Å². The van der Waals surface area contributed by atoms with Crippen molar-refractivity contribution in [3.63, 3.8) is 0 Å². The molecule has 1 aromatic carbocycles. The largest absolute Gasteiger partial charge is 0.356 e. The summed E-state index contributed by atoms with van der Waals surface area (Å²) in [5, 5.41) is 2.78. The number of benzene rings is 1. The fourth-order valence-corrected chi connectivity index (χ4v) is 3.04. The lowest BCUT2D eigenvalue weighted by Gasteiger charge is -2.32. The number of aromatic amines is 1. The summed E-state index contributed by atoms with van der Waals surface area (Å²) in [6, 6.07) is 9.04. The van der Waals surface area contributed by atoms with Crippen LogP contribution in [0.4, 0.5) is 5.82 Å². The van der Waals surface area contributed by atoms with E-state index in [0.717, 1.165) is 34.8 Å². The van der Waals surface area contributed by atoms with Gasteiger partial charge in [-0.2, -0.15) is 0 Å². The summed E-state index contributed by atoms with van der Waals surface area (Å²) in [5.41, 5.74) is 1.26. The second-order valence-electron chi connectivity index (χ2n) is 5.00. The van der Waals surface area contributed by atoms with E-state index in [1.165, 1.54) is 22.0 Å². The summed E-state index contributed by atoms with van der Waals surface area (Å²) < 4.78 is 0. The molecule has 96 valence electrons. The molecule has 4 heteroatoms. The number of aromatic nitrogens is 1. The molecular formula is C14H20N3P. The third-order valence-electron chi connectivity index (χ3n) is 3.74. The van der Waals surface area contributed by atoms with Crippen molar-refractivity contribution in [2.45, 2.75) is 0 Å².